The van der Waals surface area contributed by atoms with Gasteiger partial charge in [-0.3, -0.25) is 4.79 Å². The number of amides is 1. The van der Waals surface area contributed by atoms with Crippen LogP contribution in [0, 0.1) is 0 Å². The predicted octanol–water partition coefficient (Wildman–Crippen LogP) is 2.85. The van der Waals surface area contributed by atoms with Gasteiger partial charge in [-0.05, 0) is 41.6 Å². The molecule has 4 nitrogen and oxygen atoms in total. The van der Waals surface area contributed by atoms with Crippen molar-refractivity contribution in [2.75, 3.05) is 13.3 Å². The van der Waals surface area contributed by atoms with Gasteiger partial charge in [0.1, 0.15) is 0 Å². The Bertz CT molecular complexity index is 650. The van der Waals surface area contributed by atoms with Gasteiger partial charge in [-0.1, -0.05) is 12.1 Å². The first-order valence-corrected chi connectivity index (χ1v) is 7.57. The van der Waals surface area contributed by atoms with Crippen molar-refractivity contribution in [2.45, 2.75) is 6.42 Å². The summed E-state index contributed by atoms with van der Waals surface area (Å²) in [5.74, 6) is 1.37. The number of fused-ring (bicyclic) bond motifs is 1. The van der Waals surface area contributed by atoms with Crippen LogP contribution in [0.15, 0.2) is 41.8 Å². The fraction of sp³-hybridized carbons (Fsp3) is 0.188. The van der Waals surface area contributed by atoms with Gasteiger partial charge >= 0.3 is 0 Å². The molecule has 1 aliphatic rings. The predicted molar refractivity (Wildman–Crippen MR) is 82.6 cm³/mol. The number of carbonyl (C=O) groups is 1. The van der Waals surface area contributed by atoms with Gasteiger partial charge in [0.15, 0.2) is 11.5 Å². The number of benzene rings is 1. The van der Waals surface area contributed by atoms with Crippen LogP contribution in [0.4, 0.5) is 0 Å². The molecule has 2 heterocycles. The van der Waals surface area contributed by atoms with Gasteiger partial charge in [0.05, 0.1) is 0 Å². The zero-order chi connectivity index (χ0) is 14.5. The van der Waals surface area contributed by atoms with Crippen LogP contribution in [0.25, 0.3) is 6.08 Å². The van der Waals surface area contributed by atoms with E-state index < -0.39 is 0 Å². The van der Waals surface area contributed by atoms with Crippen molar-refractivity contribution < 1.29 is 14.3 Å². The maximum absolute atomic E-state index is 11.7. The second-order valence-corrected chi connectivity index (χ2v) is 5.60. The molecule has 0 bridgehead atoms. The fourth-order valence-corrected chi connectivity index (χ4v) is 2.72. The molecule has 0 radical (unpaired) electrons. The monoisotopic (exact) mass is 301 g/mol. The van der Waals surface area contributed by atoms with E-state index in [4.69, 9.17) is 9.47 Å². The quantitative estimate of drug-likeness (QED) is 0.864. The Morgan fingerprint density at radius 2 is 2.19 bits per heavy atom. The third-order valence-electron chi connectivity index (χ3n) is 3.07. The van der Waals surface area contributed by atoms with E-state index in [1.165, 1.54) is 11.0 Å². The largest absolute Gasteiger partial charge is 0.454 e. The molecule has 0 spiro atoms. The average molecular weight is 301 g/mol. The van der Waals surface area contributed by atoms with E-state index in [2.05, 4.69) is 11.4 Å². The SMILES string of the molecule is O=C(/C=C/c1ccc2c(c1)OCO2)NCCc1cccs1. The summed E-state index contributed by atoms with van der Waals surface area (Å²) in [5, 5.41) is 4.91. The lowest BCUT2D eigenvalue weighted by molar-refractivity contribution is -0.116. The number of carbonyl (C=O) groups excluding carboxylic acids is 1. The average Bonchev–Trinajstić information content (AvgIpc) is 3.15. The van der Waals surface area contributed by atoms with Gasteiger partial charge in [0, 0.05) is 17.5 Å². The molecule has 1 N–H and O–H groups in total. The number of nitrogens with one attached hydrogen (secondary N) is 1. The first-order chi connectivity index (χ1) is 10.3. The topological polar surface area (TPSA) is 47.6 Å². The molecular formula is C16H15NO3S. The second kappa shape index (κ2) is 6.45. The third-order valence-corrected chi connectivity index (χ3v) is 4.01. The number of hydrogen-bond donors (Lipinski definition) is 1. The van der Waals surface area contributed by atoms with E-state index >= 15 is 0 Å². The smallest absolute Gasteiger partial charge is 0.244 e. The summed E-state index contributed by atoms with van der Waals surface area (Å²) < 4.78 is 10.5. The fourth-order valence-electron chi connectivity index (χ4n) is 2.01. The molecule has 108 valence electrons. The standard InChI is InChI=1S/C16H15NO3S/c18-16(17-8-7-13-2-1-9-21-13)6-4-12-3-5-14-15(10-12)20-11-19-14/h1-6,9-10H,7-8,11H2,(H,17,18)/b6-4+. The number of thiophene rings is 1. The lowest BCUT2D eigenvalue weighted by Gasteiger charge is -2.00. The Balaban J connectivity index is 1.50. The van der Waals surface area contributed by atoms with Crippen molar-refractivity contribution in [3.05, 3.63) is 52.2 Å². The summed E-state index contributed by atoms with van der Waals surface area (Å²) in [6.07, 6.45) is 4.16. The highest BCUT2D eigenvalue weighted by molar-refractivity contribution is 7.09. The van der Waals surface area contributed by atoms with E-state index in [0.29, 0.717) is 6.54 Å². The van der Waals surface area contributed by atoms with Crippen molar-refractivity contribution in [2.24, 2.45) is 0 Å². The molecule has 0 fully saturated rings. The van der Waals surface area contributed by atoms with E-state index in [1.807, 2.05) is 29.6 Å². The van der Waals surface area contributed by atoms with Crippen LogP contribution >= 0.6 is 11.3 Å². The van der Waals surface area contributed by atoms with E-state index in [-0.39, 0.29) is 12.7 Å². The van der Waals surface area contributed by atoms with Gasteiger partial charge in [-0.25, -0.2) is 0 Å². The summed E-state index contributed by atoms with van der Waals surface area (Å²) in [6, 6.07) is 9.68. The van der Waals surface area contributed by atoms with E-state index in [1.54, 1.807) is 17.4 Å². The summed E-state index contributed by atoms with van der Waals surface area (Å²) in [4.78, 5) is 13.0. The molecule has 2 aromatic rings. The summed E-state index contributed by atoms with van der Waals surface area (Å²) in [6.45, 7) is 0.899. The van der Waals surface area contributed by atoms with Gasteiger partial charge in [0.2, 0.25) is 12.7 Å². The van der Waals surface area contributed by atoms with Crippen LogP contribution in [-0.2, 0) is 11.2 Å². The summed E-state index contributed by atoms with van der Waals surface area (Å²) >= 11 is 1.70. The van der Waals surface area contributed by atoms with Crippen molar-refractivity contribution in [1.82, 2.24) is 5.32 Å². The number of ether oxygens (including phenoxy) is 2. The van der Waals surface area contributed by atoms with Gasteiger partial charge in [-0.2, -0.15) is 0 Å². The minimum Gasteiger partial charge on any atom is -0.454 e. The maximum atomic E-state index is 11.7. The Hall–Kier alpha value is -2.27. The second-order valence-electron chi connectivity index (χ2n) is 4.57. The molecule has 0 aliphatic carbocycles. The lowest BCUT2D eigenvalue weighted by Crippen LogP contribution is -2.23. The van der Waals surface area contributed by atoms with Crippen LogP contribution in [0.2, 0.25) is 0 Å². The van der Waals surface area contributed by atoms with Crippen LogP contribution in [0.3, 0.4) is 0 Å². The molecule has 0 saturated heterocycles. The number of rotatable bonds is 5. The molecule has 1 aliphatic heterocycles. The Morgan fingerprint density at radius 1 is 1.29 bits per heavy atom. The van der Waals surface area contributed by atoms with Crippen LogP contribution in [-0.4, -0.2) is 19.2 Å². The van der Waals surface area contributed by atoms with Crippen LogP contribution in [0.5, 0.6) is 11.5 Å². The van der Waals surface area contributed by atoms with Gasteiger partial charge in [0.25, 0.3) is 0 Å². The molecule has 21 heavy (non-hydrogen) atoms. The first-order valence-electron chi connectivity index (χ1n) is 6.69. The van der Waals surface area contributed by atoms with Crippen molar-refractivity contribution in [3.63, 3.8) is 0 Å². The van der Waals surface area contributed by atoms with Gasteiger partial charge < -0.3 is 14.8 Å². The molecule has 0 atom stereocenters. The molecule has 0 saturated carbocycles. The van der Waals surface area contributed by atoms with Crippen LogP contribution < -0.4 is 14.8 Å². The highest BCUT2D eigenvalue weighted by Gasteiger charge is 2.12. The zero-order valence-corrected chi connectivity index (χ0v) is 12.2. The van der Waals surface area contributed by atoms with Gasteiger partial charge in [-0.15, -0.1) is 11.3 Å². The number of hydrogen-bond acceptors (Lipinski definition) is 4. The van der Waals surface area contributed by atoms with Crippen molar-refractivity contribution in [1.29, 1.82) is 0 Å². The Kier molecular flexibility index (Phi) is 4.21. The van der Waals surface area contributed by atoms with Crippen molar-refractivity contribution in [3.8, 4) is 11.5 Å². The first kappa shape index (κ1) is 13.7. The summed E-state index contributed by atoms with van der Waals surface area (Å²) in [7, 11) is 0. The minimum atomic E-state index is -0.0933. The molecule has 0 unspecified atom stereocenters. The Morgan fingerprint density at radius 3 is 3.05 bits per heavy atom. The lowest BCUT2D eigenvalue weighted by atomic mass is 10.2. The molecule has 1 aromatic heterocycles. The van der Waals surface area contributed by atoms with E-state index in [0.717, 1.165) is 23.5 Å². The molecule has 1 amide bonds. The normalized spacial score (nSPS) is 12.8. The highest BCUT2D eigenvalue weighted by Crippen LogP contribution is 2.32. The maximum Gasteiger partial charge on any atom is 0.244 e. The summed E-state index contributed by atoms with van der Waals surface area (Å²) in [5.41, 5.74) is 0.910. The Labute approximate surface area is 127 Å². The third kappa shape index (κ3) is 3.64. The molecule has 1 aromatic carbocycles. The van der Waals surface area contributed by atoms with E-state index in [9.17, 15) is 4.79 Å². The highest BCUT2D eigenvalue weighted by atomic mass is 32.1. The zero-order valence-electron chi connectivity index (χ0n) is 11.4. The van der Waals surface area contributed by atoms with Crippen molar-refractivity contribution >= 4 is 23.3 Å². The van der Waals surface area contributed by atoms with Crippen LogP contribution in [0.1, 0.15) is 10.4 Å². The molecule has 3 rings (SSSR count). The molecule has 5 heteroatoms. The minimum absolute atomic E-state index is 0.0933. The molecular weight excluding hydrogens is 286 g/mol.